The Balaban J connectivity index is 1.35. The molecule has 5 rings (SSSR count). The van der Waals surface area contributed by atoms with Crippen LogP contribution in [0.15, 0.2) is 47.5 Å². The van der Waals surface area contributed by atoms with Crippen LogP contribution < -0.4 is 10.6 Å². The number of hydrogen-bond acceptors (Lipinski definition) is 8. The molecule has 3 heterocycles. The summed E-state index contributed by atoms with van der Waals surface area (Å²) < 4.78 is 47.9. The van der Waals surface area contributed by atoms with Gasteiger partial charge in [0.15, 0.2) is 0 Å². The summed E-state index contributed by atoms with van der Waals surface area (Å²) >= 11 is 6.43. The van der Waals surface area contributed by atoms with Crippen LogP contribution in [0.4, 0.5) is 10.3 Å². The van der Waals surface area contributed by atoms with Crippen LogP contribution in [0, 0.1) is 5.82 Å². The number of amides is 1. The molecule has 1 fully saturated rings. The number of rotatable bonds is 9. The summed E-state index contributed by atoms with van der Waals surface area (Å²) in [6.07, 6.45) is 3.70. The van der Waals surface area contributed by atoms with E-state index in [0.29, 0.717) is 48.0 Å². The standard InChI is InChI=1S/C29H33ClFN5O5S/c1-3-18-10-21(12-22(31)11-18)25(16-37)34-28(38)17(2)36-15-20-5-4-19(13-26(20)42(36,39)40)27-24(30)14-32-29(35-27)33-23-6-8-41-9-7-23/h4-5,10-14,17,23,25,37H,3,6-9,15-16H2,1-2H3,(H,34,38)(H,32,33,35)/t17-,25-/m1/s1. The van der Waals surface area contributed by atoms with E-state index in [1.807, 2.05) is 6.92 Å². The van der Waals surface area contributed by atoms with Gasteiger partial charge in [0.1, 0.15) is 11.9 Å². The van der Waals surface area contributed by atoms with Crippen LogP contribution >= 0.6 is 11.6 Å². The lowest BCUT2D eigenvalue weighted by Crippen LogP contribution is -2.46. The Hall–Kier alpha value is -3.16. The van der Waals surface area contributed by atoms with Crippen LogP contribution in [0.25, 0.3) is 11.3 Å². The fourth-order valence-electron chi connectivity index (χ4n) is 5.20. The molecule has 0 radical (unpaired) electrons. The predicted octanol–water partition coefficient (Wildman–Crippen LogP) is 3.83. The van der Waals surface area contributed by atoms with Gasteiger partial charge in [-0.2, -0.15) is 4.31 Å². The molecule has 2 aliphatic heterocycles. The maximum absolute atomic E-state index is 14.1. The first-order valence-corrected chi connectivity index (χ1v) is 15.6. The minimum atomic E-state index is -4.06. The summed E-state index contributed by atoms with van der Waals surface area (Å²) in [5, 5.41) is 16.2. The number of nitrogens with zero attached hydrogens (tertiary/aromatic N) is 3. The normalized spacial score (nSPS) is 18.3. The van der Waals surface area contributed by atoms with Crippen molar-refractivity contribution in [2.45, 2.75) is 62.7 Å². The summed E-state index contributed by atoms with van der Waals surface area (Å²) in [6.45, 7) is 4.16. The van der Waals surface area contributed by atoms with E-state index in [9.17, 15) is 22.7 Å². The van der Waals surface area contributed by atoms with E-state index in [2.05, 4.69) is 20.6 Å². The number of aliphatic hydroxyl groups is 1. The van der Waals surface area contributed by atoms with Gasteiger partial charge in [-0.1, -0.05) is 36.7 Å². The van der Waals surface area contributed by atoms with Crippen LogP contribution in [-0.4, -0.2) is 65.6 Å². The molecule has 13 heteroatoms. The molecule has 0 spiro atoms. The monoisotopic (exact) mass is 617 g/mol. The Morgan fingerprint density at radius 1 is 1.24 bits per heavy atom. The van der Waals surface area contributed by atoms with Crippen LogP contribution in [0.2, 0.25) is 5.02 Å². The van der Waals surface area contributed by atoms with Gasteiger partial charge < -0.3 is 20.5 Å². The fraction of sp³-hybridized carbons (Fsp3) is 0.414. The Morgan fingerprint density at radius 2 is 2.00 bits per heavy atom. The lowest BCUT2D eigenvalue weighted by molar-refractivity contribution is -0.125. The van der Waals surface area contributed by atoms with Gasteiger partial charge in [0.25, 0.3) is 0 Å². The quantitative estimate of drug-likeness (QED) is 0.330. The largest absolute Gasteiger partial charge is 0.394 e. The molecule has 1 aromatic heterocycles. The number of carbonyl (C=O) groups is 1. The number of sulfonamides is 1. The number of carbonyl (C=O) groups excluding carboxylic acids is 1. The average molecular weight is 618 g/mol. The molecule has 3 aromatic rings. The van der Waals surface area contributed by atoms with Gasteiger partial charge in [-0.15, -0.1) is 0 Å². The third kappa shape index (κ3) is 6.28. The molecule has 3 N–H and O–H groups in total. The summed E-state index contributed by atoms with van der Waals surface area (Å²) in [7, 11) is -4.06. The van der Waals surface area contributed by atoms with Crippen molar-refractivity contribution in [2.24, 2.45) is 0 Å². The van der Waals surface area contributed by atoms with Crippen LogP contribution in [0.3, 0.4) is 0 Å². The maximum Gasteiger partial charge on any atom is 0.244 e. The van der Waals surface area contributed by atoms with Crippen molar-refractivity contribution in [3.63, 3.8) is 0 Å². The molecule has 0 bridgehead atoms. The molecule has 0 saturated carbocycles. The molecule has 0 unspecified atom stereocenters. The molecule has 224 valence electrons. The number of benzene rings is 2. The number of fused-ring (bicyclic) bond motifs is 1. The molecular formula is C29H33ClFN5O5S. The smallest absolute Gasteiger partial charge is 0.244 e. The molecule has 2 aromatic carbocycles. The lowest BCUT2D eigenvalue weighted by atomic mass is 10.0. The highest BCUT2D eigenvalue weighted by Crippen LogP contribution is 2.36. The second-order valence-electron chi connectivity index (χ2n) is 10.5. The number of aliphatic hydroxyl groups excluding tert-OH is 1. The third-order valence-electron chi connectivity index (χ3n) is 7.65. The van der Waals surface area contributed by atoms with E-state index in [4.69, 9.17) is 16.3 Å². The first kappa shape index (κ1) is 30.3. The van der Waals surface area contributed by atoms with Crippen LogP contribution in [0.1, 0.15) is 49.4 Å². The van der Waals surface area contributed by atoms with Crippen molar-refractivity contribution in [3.05, 3.63) is 70.1 Å². The molecule has 1 amide bonds. The molecule has 0 aliphatic carbocycles. The summed E-state index contributed by atoms with van der Waals surface area (Å²) in [5.41, 5.74) is 2.53. The first-order chi connectivity index (χ1) is 20.1. The van der Waals surface area contributed by atoms with E-state index < -0.39 is 40.4 Å². The van der Waals surface area contributed by atoms with Crippen molar-refractivity contribution >= 4 is 33.5 Å². The van der Waals surface area contributed by atoms with Crippen LogP contribution in [0.5, 0.6) is 0 Å². The van der Waals surface area contributed by atoms with Gasteiger partial charge in [0.2, 0.25) is 21.9 Å². The number of nitrogens with one attached hydrogen (secondary N) is 2. The summed E-state index contributed by atoms with van der Waals surface area (Å²) in [6, 6.07) is 7.45. The fourth-order valence-corrected chi connectivity index (χ4v) is 7.21. The minimum absolute atomic E-state index is 0.00959. The van der Waals surface area contributed by atoms with E-state index in [0.717, 1.165) is 22.7 Å². The van der Waals surface area contributed by atoms with Crippen molar-refractivity contribution < 1.29 is 27.4 Å². The predicted molar refractivity (Wildman–Crippen MR) is 156 cm³/mol. The molecule has 2 aliphatic rings. The van der Waals surface area contributed by atoms with Crippen molar-refractivity contribution in [2.75, 3.05) is 25.1 Å². The van der Waals surface area contributed by atoms with Gasteiger partial charge in [-0.3, -0.25) is 4.79 Å². The third-order valence-corrected chi connectivity index (χ3v) is 9.93. The van der Waals surface area contributed by atoms with Gasteiger partial charge >= 0.3 is 0 Å². The maximum atomic E-state index is 14.1. The van der Waals surface area contributed by atoms with Crippen molar-refractivity contribution in [1.82, 2.24) is 19.6 Å². The molecule has 42 heavy (non-hydrogen) atoms. The second-order valence-corrected chi connectivity index (χ2v) is 12.7. The van der Waals surface area contributed by atoms with Gasteiger partial charge in [-0.25, -0.2) is 22.8 Å². The summed E-state index contributed by atoms with van der Waals surface area (Å²) in [4.78, 5) is 22.1. The second kappa shape index (κ2) is 12.6. The Kier molecular flexibility index (Phi) is 9.09. The minimum Gasteiger partial charge on any atom is -0.394 e. The number of hydrogen-bond donors (Lipinski definition) is 3. The van der Waals surface area contributed by atoms with Crippen LogP contribution in [-0.2, 0) is 32.5 Å². The van der Waals surface area contributed by atoms with E-state index in [1.54, 1.807) is 18.2 Å². The number of ether oxygens (including phenoxy) is 1. The molecular weight excluding hydrogens is 585 g/mol. The number of halogens is 2. The van der Waals surface area contributed by atoms with Gasteiger partial charge in [0.05, 0.1) is 34.5 Å². The zero-order valence-corrected chi connectivity index (χ0v) is 24.9. The highest BCUT2D eigenvalue weighted by atomic mass is 35.5. The van der Waals surface area contributed by atoms with Gasteiger partial charge in [-0.05, 0) is 61.1 Å². The van der Waals surface area contributed by atoms with Crippen molar-refractivity contribution in [1.29, 1.82) is 0 Å². The Bertz CT molecular complexity index is 1580. The average Bonchev–Trinajstić information content (AvgIpc) is 3.25. The van der Waals surface area contributed by atoms with E-state index >= 15 is 0 Å². The van der Waals surface area contributed by atoms with E-state index in [1.165, 1.54) is 31.3 Å². The Labute approximate surface area is 249 Å². The molecule has 2 atom stereocenters. The van der Waals surface area contributed by atoms with E-state index in [-0.39, 0.29) is 22.5 Å². The highest BCUT2D eigenvalue weighted by Gasteiger charge is 2.41. The lowest BCUT2D eigenvalue weighted by Gasteiger charge is -2.25. The number of anilines is 1. The topological polar surface area (TPSA) is 134 Å². The van der Waals surface area contributed by atoms with Gasteiger partial charge in [0, 0.05) is 31.4 Å². The Morgan fingerprint density at radius 3 is 2.71 bits per heavy atom. The SMILES string of the molecule is CCc1cc(F)cc([C@@H](CO)NC(=O)[C@@H](C)N2Cc3ccc(-c4nc(NC5CCOCC5)ncc4Cl)cc3S2(=O)=O)c1. The number of aromatic nitrogens is 2. The molecule has 10 nitrogen and oxygen atoms in total. The molecule has 1 saturated heterocycles. The highest BCUT2D eigenvalue weighted by molar-refractivity contribution is 7.89. The zero-order valence-electron chi connectivity index (χ0n) is 23.3. The summed E-state index contributed by atoms with van der Waals surface area (Å²) in [5.74, 6) is -0.705. The van der Waals surface area contributed by atoms with Crippen molar-refractivity contribution in [3.8, 4) is 11.3 Å². The number of aryl methyl sites for hydroxylation is 1. The zero-order chi connectivity index (χ0) is 30.0. The first-order valence-electron chi connectivity index (χ1n) is 13.8.